The molecule has 0 spiro atoms. The van der Waals surface area contributed by atoms with Gasteiger partial charge in [0.1, 0.15) is 0 Å². The Morgan fingerprint density at radius 3 is 2.56 bits per heavy atom. The highest BCUT2D eigenvalue weighted by atomic mass is 16.4. The fourth-order valence-corrected chi connectivity index (χ4v) is 2.00. The molecule has 94 valence electrons. The molecule has 0 radical (unpaired) electrons. The Labute approximate surface area is 104 Å². The summed E-state index contributed by atoms with van der Waals surface area (Å²) in [6, 6.07) is 5.11. The highest BCUT2D eigenvalue weighted by molar-refractivity contribution is 6.21. The van der Waals surface area contributed by atoms with Crippen LogP contribution in [0.25, 0.3) is 0 Å². The molecule has 1 aromatic rings. The number of rotatable bonds is 4. The van der Waals surface area contributed by atoms with Crippen LogP contribution in [0, 0.1) is 6.92 Å². The number of imide groups is 1. The third kappa shape index (κ3) is 2.11. The fraction of sp³-hybridized carbons (Fsp3) is 0.308. The van der Waals surface area contributed by atoms with Crippen LogP contribution in [-0.2, 0) is 4.79 Å². The number of carboxylic acid groups (broad SMARTS) is 1. The lowest BCUT2D eigenvalue weighted by Crippen LogP contribution is -2.31. The molecule has 0 aliphatic carbocycles. The van der Waals surface area contributed by atoms with E-state index in [1.165, 1.54) is 0 Å². The molecule has 1 aromatic carbocycles. The predicted octanol–water partition coefficient (Wildman–Crippen LogP) is 1.46. The van der Waals surface area contributed by atoms with E-state index in [2.05, 4.69) is 0 Å². The number of carbonyl (C=O) groups excluding carboxylic acids is 2. The third-order valence-corrected chi connectivity index (χ3v) is 2.90. The summed E-state index contributed by atoms with van der Waals surface area (Å²) < 4.78 is 0. The van der Waals surface area contributed by atoms with Gasteiger partial charge in [-0.1, -0.05) is 11.6 Å². The average Bonchev–Trinajstić information content (AvgIpc) is 2.53. The lowest BCUT2D eigenvalue weighted by atomic mass is 10.1. The van der Waals surface area contributed by atoms with Crippen molar-refractivity contribution in [2.24, 2.45) is 0 Å². The Morgan fingerprint density at radius 1 is 1.22 bits per heavy atom. The second-order valence-corrected chi connectivity index (χ2v) is 4.31. The Hall–Kier alpha value is -2.17. The average molecular weight is 247 g/mol. The van der Waals surface area contributed by atoms with Gasteiger partial charge in [-0.3, -0.25) is 19.3 Å². The molecule has 0 fully saturated rings. The number of hydrogen-bond acceptors (Lipinski definition) is 3. The molecule has 0 unspecified atom stereocenters. The summed E-state index contributed by atoms with van der Waals surface area (Å²) in [6.07, 6.45) is 0.228. The van der Waals surface area contributed by atoms with Crippen molar-refractivity contribution in [2.75, 3.05) is 6.54 Å². The van der Waals surface area contributed by atoms with E-state index in [-0.39, 0.29) is 31.2 Å². The first-order chi connectivity index (χ1) is 8.50. The van der Waals surface area contributed by atoms with Crippen LogP contribution in [0.3, 0.4) is 0 Å². The van der Waals surface area contributed by atoms with Crippen molar-refractivity contribution in [3.05, 3.63) is 34.9 Å². The number of fused-ring (bicyclic) bond motifs is 1. The van der Waals surface area contributed by atoms with Crippen molar-refractivity contribution in [1.82, 2.24) is 4.90 Å². The van der Waals surface area contributed by atoms with Gasteiger partial charge in [-0.25, -0.2) is 0 Å². The first-order valence-electron chi connectivity index (χ1n) is 5.69. The van der Waals surface area contributed by atoms with E-state index in [1.54, 1.807) is 18.2 Å². The van der Waals surface area contributed by atoms with Crippen LogP contribution >= 0.6 is 0 Å². The lowest BCUT2D eigenvalue weighted by molar-refractivity contribution is -0.137. The highest BCUT2D eigenvalue weighted by Gasteiger charge is 2.34. The molecular formula is C13H13NO4. The van der Waals surface area contributed by atoms with E-state index < -0.39 is 5.97 Å². The normalized spacial score (nSPS) is 13.9. The van der Waals surface area contributed by atoms with Crippen LogP contribution in [0.1, 0.15) is 39.1 Å². The summed E-state index contributed by atoms with van der Waals surface area (Å²) in [6.45, 7) is 2.00. The Morgan fingerprint density at radius 2 is 1.89 bits per heavy atom. The summed E-state index contributed by atoms with van der Waals surface area (Å²) in [5.41, 5.74) is 1.73. The van der Waals surface area contributed by atoms with Crippen molar-refractivity contribution < 1.29 is 19.5 Å². The zero-order chi connectivity index (χ0) is 13.3. The molecule has 1 N–H and O–H groups in total. The van der Waals surface area contributed by atoms with E-state index in [0.717, 1.165) is 10.5 Å². The number of aryl methyl sites for hydroxylation is 1. The van der Waals surface area contributed by atoms with Gasteiger partial charge >= 0.3 is 5.97 Å². The van der Waals surface area contributed by atoms with Crippen LogP contribution in [0.2, 0.25) is 0 Å². The number of amides is 2. The van der Waals surface area contributed by atoms with Crippen LogP contribution in [-0.4, -0.2) is 34.3 Å². The summed E-state index contributed by atoms with van der Waals surface area (Å²) >= 11 is 0. The summed E-state index contributed by atoms with van der Waals surface area (Å²) in [5, 5.41) is 8.54. The molecule has 0 bridgehead atoms. The maximum Gasteiger partial charge on any atom is 0.303 e. The smallest absolute Gasteiger partial charge is 0.303 e. The highest BCUT2D eigenvalue weighted by Crippen LogP contribution is 2.24. The Kier molecular flexibility index (Phi) is 3.14. The van der Waals surface area contributed by atoms with Gasteiger partial charge in [0.25, 0.3) is 11.8 Å². The molecule has 0 atom stereocenters. The number of aliphatic carboxylic acids is 1. The van der Waals surface area contributed by atoms with Gasteiger partial charge in [-0.05, 0) is 25.5 Å². The van der Waals surface area contributed by atoms with Gasteiger partial charge in [0.05, 0.1) is 11.1 Å². The molecule has 1 aliphatic heterocycles. The standard InChI is InChI=1S/C13H13NO4/c1-8-4-5-9-10(7-8)13(18)14(12(9)17)6-2-3-11(15)16/h4-5,7H,2-3,6H2,1H3,(H,15,16). The number of carbonyl (C=O) groups is 3. The third-order valence-electron chi connectivity index (χ3n) is 2.90. The van der Waals surface area contributed by atoms with Gasteiger partial charge in [0.15, 0.2) is 0 Å². The molecule has 5 heteroatoms. The minimum Gasteiger partial charge on any atom is -0.481 e. The van der Waals surface area contributed by atoms with Crippen molar-refractivity contribution in [3.8, 4) is 0 Å². The minimum atomic E-state index is -0.928. The monoisotopic (exact) mass is 247 g/mol. The Balaban J connectivity index is 2.15. The molecule has 18 heavy (non-hydrogen) atoms. The second kappa shape index (κ2) is 4.60. The molecule has 0 saturated carbocycles. The summed E-state index contributed by atoms with van der Waals surface area (Å²) in [5.74, 6) is -1.59. The molecule has 1 aliphatic rings. The largest absolute Gasteiger partial charge is 0.481 e. The molecule has 1 heterocycles. The Bertz CT molecular complexity index is 536. The summed E-state index contributed by atoms with van der Waals surface area (Å²) in [7, 11) is 0. The van der Waals surface area contributed by atoms with Crippen molar-refractivity contribution in [2.45, 2.75) is 19.8 Å². The van der Waals surface area contributed by atoms with Gasteiger partial charge in [-0.2, -0.15) is 0 Å². The van der Waals surface area contributed by atoms with Gasteiger partial charge in [0.2, 0.25) is 0 Å². The van der Waals surface area contributed by atoms with E-state index in [1.807, 2.05) is 6.92 Å². The van der Waals surface area contributed by atoms with E-state index in [0.29, 0.717) is 11.1 Å². The molecule has 5 nitrogen and oxygen atoms in total. The molecule has 0 aromatic heterocycles. The van der Waals surface area contributed by atoms with E-state index in [4.69, 9.17) is 5.11 Å². The topological polar surface area (TPSA) is 74.7 Å². The molecule has 2 rings (SSSR count). The lowest BCUT2D eigenvalue weighted by Gasteiger charge is -2.12. The number of benzene rings is 1. The van der Waals surface area contributed by atoms with Gasteiger partial charge in [0, 0.05) is 13.0 Å². The second-order valence-electron chi connectivity index (χ2n) is 4.31. The number of nitrogens with zero attached hydrogens (tertiary/aromatic N) is 1. The van der Waals surface area contributed by atoms with Crippen LogP contribution in [0.4, 0.5) is 0 Å². The summed E-state index contributed by atoms with van der Waals surface area (Å²) in [4.78, 5) is 35.5. The van der Waals surface area contributed by atoms with Crippen LogP contribution in [0.15, 0.2) is 18.2 Å². The maximum atomic E-state index is 12.0. The number of hydrogen-bond donors (Lipinski definition) is 1. The maximum absolute atomic E-state index is 12.0. The first-order valence-corrected chi connectivity index (χ1v) is 5.69. The zero-order valence-electron chi connectivity index (χ0n) is 9.97. The van der Waals surface area contributed by atoms with Gasteiger partial charge in [-0.15, -0.1) is 0 Å². The van der Waals surface area contributed by atoms with Crippen molar-refractivity contribution in [3.63, 3.8) is 0 Å². The molecule has 2 amide bonds. The zero-order valence-corrected chi connectivity index (χ0v) is 9.97. The van der Waals surface area contributed by atoms with Crippen molar-refractivity contribution >= 4 is 17.8 Å². The molecular weight excluding hydrogens is 234 g/mol. The fourth-order valence-electron chi connectivity index (χ4n) is 2.00. The quantitative estimate of drug-likeness (QED) is 0.817. The van der Waals surface area contributed by atoms with Crippen LogP contribution < -0.4 is 0 Å². The number of carboxylic acids is 1. The van der Waals surface area contributed by atoms with Gasteiger partial charge < -0.3 is 5.11 Å². The van der Waals surface area contributed by atoms with Crippen molar-refractivity contribution in [1.29, 1.82) is 0 Å². The predicted molar refractivity (Wildman–Crippen MR) is 63.4 cm³/mol. The minimum absolute atomic E-state index is 0.0492. The van der Waals surface area contributed by atoms with Crippen LogP contribution in [0.5, 0.6) is 0 Å². The van der Waals surface area contributed by atoms with E-state index in [9.17, 15) is 14.4 Å². The van der Waals surface area contributed by atoms with E-state index >= 15 is 0 Å². The molecule has 0 saturated heterocycles. The SMILES string of the molecule is Cc1ccc2c(c1)C(=O)N(CCCC(=O)O)C2=O. The first kappa shape index (κ1) is 12.3.